The van der Waals surface area contributed by atoms with Gasteiger partial charge in [-0.25, -0.2) is 9.38 Å². The first-order chi connectivity index (χ1) is 13.0. The number of para-hydroxylation sites is 1. The second-order valence-corrected chi connectivity index (χ2v) is 7.31. The summed E-state index contributed by atoms with van der Waals surface area (Å²) in [5, 5.41) is 9.40. The Kier molecular flexibility index (Phi) is 8.68. The SMILES string of the molecule is CCNC(=NCc1cc(F)cc(Br)c1)NCC1CC(=O)Nc2ccccc21.I. The molecule has 1 aliphatic rings. The van der Waals surface area contributed by atoms with Crippen LogP contribution in [-0.2, 0) is 11.3 Å². The molecule has 2 aromatic carbocycles. The first-order valence-corrected chi connectivity index (χ1v) is 9.70. The van der Waals surface area contributed by atoms with E-state index in [1.54, 1.807) is 0 Å². The Labute approximate surface area is 189 Å². The summed E-state index contributed by atoms with van der Waals surface area (Å²) in [7, 11) is 0. The standard InChI is InChI=1S/C20H22BrFN4O.HI/c1-2-23-20(24-11-13-7-15(21)10-16(22)8-13)25-12-14-9-19(27)26-18-6-4-3-5-17(14)18;/h3-8,10,14H,2,9,11-12H2,1H3,(H,26,27)(H2,23,24,25);1H. The minimum atomic E-state index is -0.294. The molecule has 1 amide bonds. The maximum atomic E-state index is 13.5. The molecule has 0 aromatic heterocycles. The molecule has 150 valence electrons. The molecule has 0 saturated carbocycles. The maximum Gasteiger partial charge on any atom is 0.225 e. The predicted octanol–water partition coefficient (Wildman–Crippen LogP) is 4.39. The van der Waals surface area contributed by atoms with Crippen molar-refractivity contribution in [1.82, 2.24) is 10.6 Å². The fourth-order valence-electron chi connectivity index (χ4n) is 3.12. The van der Waals surface area contributed by atoms with Gasteiger partial charge in [0.1, 0.15) is 5.82 Å². The van der Waals surface area contributed by atoms with Gasteiger partial charge in [0.15, 0.2) is 5.96 Å². The summed E-state index contributed by atoms with van der Waals surface area (Å²) >= 11 is 3.30. The number of amides is 1. The van der Waals surface area contributed by atoms with Gasteiger partial charge in [0.2, 0.25) is 5.91 Å². The smallest absolute Gasteiger partial charge is 0.225 e. The number of rotatable bonds is 5. The van der Waals surface area contributed by atoms with E-state index >= 15 is 0 Å². The fourth-order valence-corrected chi connectivity index (χ4v) is 3.63. The molecule has 0 fully saturated rings. The van der Waals surface area contributed by atoms with Crippen molar-refractivity contribution in [2.24, 2.45) is 4.99 Å². The molecule has 3 rings (SSSR count). The van der Waals surface area contributed by atoms with Crippen LogP contribution in [0.4, 0.5) is 10.1 Å². The van der Waals surface area contributed by atoms with Gasteiger partial charge in [-0.05, 0) is 42.3 Å². The quantitative estimate of drug-likeness (QED) is 0.289. The van der Waals surface area contributed by atoms with Crippen molar-refractivity contribution in [3.05, 3.63) is 63.9 Å². The van der Waals surface area contributed by atoms with Crippen LogP contribution in [0.15, 0.2) is 51.9 Å². The number of fused-ring (bicyclic) bond motifs is 1. The minimum absolute atomic E-state index is 0. The molecule has 0 aliphatic carbocycles. The minimum Gasteiger partial charge on any atom is -0.357 e. The lowest BCUT2D eigenvalue weighted by Crippen LogP contribution is -2.40. The number of guanidine groups is 1. The molecule has 0 saturated heterocycles. The van der Waals surface area contributed by atoms with Crippen molar-refractivity contribution in [3.63, 3.8) is 0 Å². The van der Waals surface area contributed by atoms with E-state index in [2.05, 4.69) is 36.9 Å². The van der Waals surface area contributed by atoms with Crippen molar-refractivity contribution < 1.29 is 9.18 Å². The normalized spacial score (nSPS) is 15.9. The third-order valence-electron chi connectivity index (χ3n) is 4.31. The molecule has 28 heavy (non-hydrogen) atoms. The molecule has 0 spiro atoms. The molecule has 5 nitrogen and oxygen atoms in total. The molecular weight excluding hydrogens is 538 g/mol. The molecule has 3 N–H and O–H groups in total. The van der Waals surface area contributed by atoms with Crippen molar-refractivity contribution in [2.45, 2.75) is 25.8 Å². The molecule has 0 radical (unpaired) electrons. The summed E-state index contributed by atoms with van der Waals surface area (Å²) in [6.07, 6.45) is 0.431. The summed E-state index contributed by atoms with van der Waals surface area (Å²) in [6, 6.07) is 12.6. The van der Waals surface area contributed by atoms with E-state index in [4.69, 9.17) is 0 Å². The highest BCUT2D eigenvalue weighted by Gasteiger charge is 2.24. The van der Waals surface area contributed by atoms with Crippen LogP contribution in [0.5, 0.6) is 0 Å². The zero-order valence-corrected chi connectivity index (χ0v) is 19.4. The lowest BCUT2D eigenvalue weighted by atomic mass is 9.90. The van der Waals surface area contributed by atoms with E-state index in [-0.39, 0.29) is 41.6 Å². The van der Waals surface area contributed by atoms with Gasteiger partial charge in [-0.3, -0.25) is 4.79 Å². The van der Waals surface area contributed by atoms with Crippen LogP contribution in [0, 0.1) is 5.82 Å². The van der Waals surface area contributed by atoms with Gasteiger partial charge in [0.05, 0.1) is 6.54 Å². The molecular formula is C20H23BrFIN4O. The Morgan fingerprint density at radius 3 is 2.82 bits per heavy atom. The van der Waals surface area contributed by atoms with E-state index in [1.165, 1.54) is 12.1 Å². The number of anilines is 1. The summed E-state index contributed by atoms with van der Waals surface area (Å²) in [4.78, 5) is 16.5. The Morgan fingerprint density at radius 1 is 1.29 bits per heavy atom. The van der Waals surface area contributed by atoms with Gasteiger partial charge in [0, 0.05) is 35.6 Å². The number of nitrogens with one attached hydrogen (secondary N) is 3. The number of halogens is 3. The van der Waals surface area contributed by atoms with Crippen LogP contribution < -0.4 is 16.0 Å². The number of hydrogen-bond donors (Lipinski definition) is 3. The van der Waals surface area contributed by atoms with Gasteiger partial charge < -0.3 is 16.0 Å². The number of carbonyl (C=O) groups excluding carboxylic acids is 1. The Balaban J connectivity index is 0.00000280. The highest BCUT2D eigenvalue weighted by molar-refractivity contribution is 14.0. The van der Waals surface area contributed by atoms with Gasteiger partial charge in [-0.2, -0.15) is 0 Å². The van der Waals surface area contributed by atoms with Gasteiger partial charge in [0.25, 0.3) is 0 Å². The second-order valence-electron chi connectivity index (χ2n) is 6.39. The summed E-state index contributed by atoms with van der Waals surface area (Å²) in [5.41, 5.74) is 2.77. The van der Waals surface area contributed by atoms with Crippen LogP contribution in [0.2, 0.25) is 0 Å². The van der Waals surface area contributed by atoms with Crippen LogP contribution in [-0.4, -0.2) is 25.0 Å². The predicted molar refractivity (Wildman–Crippen MR) is 125 cm³/mol. The number of aliphatic imine (C=N–C) groups is 1. The van der Waals surface area contributed by atoms with Gasteiger partial charge in [-0.1, -0.05) is 34.1 Å². The summed E-state index contributed by atoms with van der Waals surface area (Å²) in [5.74, 6) is 0.438. The highest BCUT2D eigenvalue weighted by atomic mass is 127. The first kappa shape index (κ1) is 22.6. The van der Waals surface area contributed by atoms with Crippen LogP contribution in [0.3, 0.4) is 0 Å². The van der Waals surface area contributed by atoms with Crippen LogP contribution in [0.1, 0.15) is 30.4 Å². The Bertz CT molecular complexity index is 842. The largest absolute Gasteiger partial charge is 0.357 e. The average molecular weight is 561 g/mol. The summed E-state index contributed by atoms with van der Waals surface area (Å²) in [6.45, 7) is 3.64. The Morgan fingerprint density at radius 2 is 2.07 bits per heavy atom. The van der Waals surface area contributed by atoms with Gasteiger partial charge in [-0.15, -0.1) is 24.0 Å². The van der Waals surface area contributed by atoms with E-state index in [0.29, 0.717) is 36.5 Å². The number of nitrogens with zero attached hydrogens (tertiary/aromatic N) is 1. The maximum absolute atomic E-state index is 13.5. The lowest BCUT2D eigenvalue weighted by Gasteiger charge is -2.26. The van der Waals surface area contributed by atoms with Crippen LogP contribution >= 0.6 is 39.9 Å². The average Bonchev–Trinajstić information content (AvgIpc) is 2.63. The van der Waals surface area contributed by atoms with E-state index in [0.717, 1.165) is 16.8 Å². The van der Waals surface area contributed by atoms with E-state index < -0.39 is 0 Å². The van der Waals surface area contributed by atoms with Crippen molar-refractivity contribution in [1.29, 1.82) is 0 Å². The zero-order valence-electron chi connectivity index (χ0n) is 15.5. The molecule has 1 heterocycles. The molecule has 2 aromatic rings. The molecule has 1 aliphatic heterocycles. The molecule has 0 bridgehead atoms. The van der Waals surface area contributed by atoms with Crippen molar-refractivity contribution in [2.75, 3.05) is 18.4 Å². The van der Waals surface area contributed by atoms with Crippen molar-refractivity contribution >= 4 is 57.5 Å². The monoisotopic (exact) mass is 560 g/mol. The fraction of sp³-hybridized carbons (Fsp3) is 0.300. The number of benzene rings is 2. The lowest BCUT2D eigenvalue weighted by molar-refractivity contribution is -0.116. The zero-order chi connectivity index (χ0) is 19.2. The third kappa shape index (κ3) is 6.16. The second kappa shape index (κ2) is 10.8. The first-order valence-electron chi connectivity index (χ1n) is 8.91. The van der Waals surface area contributed by atoms with Crippen molar-refractivity contribution in [3.8, 4) is 0 Å². The highest BCUT2D eigenvalue weighted by Crippen LogP contribution is 2.31. The van der Waals surface area contributed by atoms with Crippen LogP contribution in [0.25, 0.3) is 0 Å². The van der Waals surface area contributed by atoms with Gasteiger partial charge >= 0.3 is 0 Å². The Hall–Kier alpha value is -1.68. The third-order valence-corrected chi connectivity index (χ3v) is 4.77. The molecule has 1 unspecified atom stereocenters. The van der Waals surface area contributed by atoms with E-state index in [9.17, 15) is 9.18 Å². The molecule has 8 heteroatoms. The van der Waals surface area contributed by atoms with E-state index in [1.807, 2.05) is 37.3 Å². The topological polar surface area (TPSA) is 65.5 Å². The molecule has 1 atom stereocenters. The number of hydrogen-bond acceptors (Lipinski definition) is 2. The number of carbonyl (C=O) groups is 1. The summed E-state index contributed by atoms with van der Waals surface area (Å²) < 4.78 is 14.2.